The lowest BCUT2D eigenvalue weighted by atomic mass is 9.72. The Morgan fingerprint density at radius 2 is 1.93 bits per heavy atom. The molecule has 2 heteroatoms. The van der Waals surface area contributed by atoms with Crippen LogP contribution in [0.25, 0.3) is 0 Å². The van der Waals surface area contributed by atoms with Crippen molar-refractivity contribution in [3.05, 3.63) is 0 Å². The average molecular weight is 219 g/mol. The van der Waals surface area contributed by atoms with Crippen molar-refractivity contribution < 1.29 is 4.74 Å². The molecule has 1 aliphatic heterocycles. The quantitative estimate of drug-likeness (QED) is 0.654. The van der Waals surface area contributed by atoms with Gasteiger partial charge in [-0.15, -0.1) is 11.6 Å². The smallest absolute Gasteiger partial charge is 0.0468 e. The summed E-state index contributed by atoms with van der Waals surface area (Å²) in [7, 11) is 0. The van der Waals surface area contributed by atoms with E-state index >= 15 is 0 Å². The van der Waals surface area contributed by atoms with Gasteiger partial charge in [-0.05, 0) is 36.5 Å². The summed E-state index contributed by atoms with van der Waals surface area (Å²) < 4.78 is 5.38. The maximum Gasteiger partial charge on any atom is 0.0468 e. The highest BCUT2D eigenvalue weighted by Gasteiger charge is 2.31. The third-order valence-corrected chi connectivity index (χ3v) is 4.41. The maximum absolute atomic E-state index is 6.09. The van der Waals surface area contributed by atoms with Gasteiger partial charge in [0.1, 0.15) is 0 Å². The number of hydrogen-bond acceptors (Lipinski definition) is 1. The number of alkyl halides is 1. The van der Waals surface area contributed by atoms with Crippen LogP contribution >= 0.6 is 11.6 Å². The van der Waals surface area contributed by atoms with Crippen LogP contribution in [0.15, 0.2) is 0 Å². The molecule has 0 aromatic heterocycles. The third-order valence-electron chi connectivity index (χ3n) is 3.79. The molecule has 0 aromatic rings. The molecule has 0 spiro atoms. The van der Waals surface area contributed by atoms with E-state index in [1.165, 1.54) is 19.3 Å². The van der Waals surface area contributed by atoms with E-state index in [1.54, 1.807) is 0 Å². The Morgan fingerprint density at radius 3 is 2.36 bits per heavy atom. The Kier molecular flexibility index (Phi) is 4.72. The first-order valence-electron chi connectivity index (χ1n) is 5.72. The third kappa shape index (κ3) is 3.13. The Hall–Kier alpha value is 0.250. The van der Waals surface area contributed by atoms with Crippen molar-refractivity contribution in [3.8, 4) is 0 Å². The minimum absolute atomic E-state index is 0.309. The fourth-order valence-corrected chi connectivity index (χ4v) is 2.47. The first-order valence-corrected chi connectivity index (χ1v) is 6.25. The van der Waals surface area contributed by atoms with Gasteiger partial charge in [-0.25, -0.2) is 0 Å². The largest absolute Gasteiger partial charge is 0.381 e. The molecule has 0 radical (unpaired) electrons. The van der Waals surface area contributed by atoms with Gasteiger partial charge in [0.25, 0.3) is 0 Å². The van der Waals surface area contributed by atoms with Crippen LogP contribution in [0.1, 0.15) is 40.0 Å². The predicted octanol–water partition coefficient (Wildman–Crippen LogP) is 3.70. The molecular weight excluding hydrogens is 196 g/mol. The van der Waals surface area contributed by atoms with Crippen molar-refractivity contribution in [3.63, 3.8) is 0 Å². The molecule has 1 fully saturated rings. The molecule has 14 heavy (non-hydrogen) atoms. The minimum Gasteiger partial charge on any atom is -0.381 e. The lowest BCUT2D eigenvalue weighted by molar-refractivity contribution is 0.0449. The zero-order valence-electron chi connectivity index (χ0n) is 9.68. The molecule has 84 valence electrons. The molecule has 1 aliphatic rings. The first-order chi connectivity index (χ1) is 6.58. The molecule has 1 nitrogen and oxygen atoms in total. The van der Waals surface area contributed by atoms with Crippen LogP contribution in [-0.4, -0.2) is 19.1 Å². The second-order valence-corrected chi connectivity index (χ2v) is 5.47. The first kappa shape index (κ1) is 12.3. The molecule has 1 saturated heterocycles. The Balaban J connectivity index is 2.46. The minimum atomic E-state index is 0.309. The summed E-state index contributed by atoms with van der Waals surface area (Å²) in [5.41, 5.74) is 0.309. The average Bonchev–Trinajstić information content (AvgIpc) is 2.19. The normalized spacial score (nSPS) is 23.8. The summed E-state index contributed by atoms with van der Waals surface area (Å²) in [6.45, 7) is 8.77. The summed E-state index contributed by atoms with van der Waals surface area (Å²) in [4.78, 5) is 0. The van der Waals surface area contributed by atoms with E-state index in [0.29, 0.717) is 11.3 Å². The Morgan fingerprint density at radius 1 is 1.36 bits per heavy atom. The SMILES string of the molecule is CC(C)C(C)(CCl)CC1CCOCC1. The van der Waals surface area contributed by atoms with Crippen LogP contribution in [0.3, 0.4) is 0 Å². The van der Waals surface area contributed by atoms with E-state index in [2.05, 4.69) is 20.8 Å². The Bertz CT molecular complexity index is 164. The van der Waals surface area contributed by atoms with Gasteiger partial charge in [0.15, 0.2) is 0 Å². The number of hydrogen-bond donors (Lipinski definition) is 0. The molecule has 1 heterocycles. The number of ether oxygens (including phenoxy) is 1. The lowest BCUT2D eigenvalue weighted by Crippen LogP contribution is -2.30. The van der Waals surface area contributed by atoms with Crippen LogP contribution < -0.4 is 0 Å². The van der Waals surface area contributed by atoms with Gasteiger partial charge >= 0.3 is 0 Å². The van der Waals surface area contributed by atoms with Gasteiger partial charge in [0.05, 0.1) is 0 Å². The van der Waals surface area contributed by atoms with E-state index < -0.39 is 0 Å². The van der Waals surface area contributed by atoms with Gasteiger partial charge < -0.3 is 4.74 Å². The van der Waals surface area contributed by atoms with Crippen molar-refractivity contribution in [1.29, 1.82) is 0 Å². The highest BCUT2D eigenvalue weighted by Crippen LogP contribution is 2.38. The van der Waals surface area contributed by atoms with Crippen molar-refractivity contribution in [1.82, 2.24) is 0 Å². The summed E-state index contributed by atoms with van der Waals surface area (Å²) >= 11 is 6.09. The molecule has 0 N–H and O–H groups in total. The summed E-state index contributed by atoms with van der Waals surface area (Å²) in [5, 5.41) is 0. The zero-order chi connectivity index (χ0) is 10.6. The van der Waals surface area contributed by atoms with Crippen molar-refractivity contribution in [2.45, 2.75) is 40.0 Å². The molecule has 0 aromatic carbocycles. The van der Waals surface area contributed by atoms with Crippen molar-refractivity contribution in [2.24, 2.45) is 17.3 Å². The van der Waals surface area contributed by atoms with Crippen LogP contribution in [0, 0.1) is 17.3 Å². The second-order valence-electron chi connectivity index (χ2n) is 5.20. The Labute approximate surface area is 93.2 Å². The van der Waals surface area contributed by atoms with E-state index in [0.717, 1.165) is 25.0 Å². The van der Waals surface area contributed by atoms with Gasteiger partial charge in [-0.3, -0.25) is 0 Å². The maximum atomic E-state index is 6.09. The van der Waals surface area contributed by atoms with Crippen LogP contribution in [0.2, 0.25) is 0 Å². The summed E-state index contributed by atoms with van der Waals surface area (Å²) in [5.74, 6) is 2.28. The van der Waals surface area contributed by atoms with Gasteiger partial charge in [-0.1, -0.05) is 20.8 Å². The zero-order valence-corrected chi connectivity index (χ0v) is 10.4. The summed E-state index contributed by atoms with van der Waals surface area (Å²) in [6, 6.07) is 0. The second kappa shape index (κ2) is 5.37. The molecule has 1 unspecified atom stereocenters. The van der Waals surface area contributed by atoms with Crippen molar-refractivity contribution in [2.75, 3.05) is 19.1 Å². The summed E-state index contributed by atoms with van der Waals surface area (Å²) in [6.07, 6.45) is 3.70. The topological polar surface area (TPSA) is 9.23 Å². The highest BCUT2D eigenvalue weighted by molar-refractivity contribution is 6.18. The molecular formula is C12H23ClO. The number of halogens is 1. The highest BCUT2D eigenvalue weighted by atomic mass is 35.5. The van der Waals surface area contributed by atoms with Gasteiger partial charge in [0, 0.05) is 19.1 Å². The molecule has 1 rings (SSSR count). The van der Waals surface area contributed by atoms with Crippen LogP contribution in [0.5, 0.6) is 0 Å². The van der Waals surface area contributed by atoms with Crippen molar-refractivity contribution >= 4 is 11.6 Å². The fourth-order valence-electron chi connectivity index (χ4n) is 2.05. The standard InChI is InChI=1S/C12H23ClO/c1-10(2)12(3,9-13)8-11-4-6-14-7-5-11/h10-11H,4-9H2,1-3H3. The van der Waals surface area contributed by atoms with Crippen LogP contribution in [-0.2, 0) is 4.74 Å². The molecule has 1 atom stereocenters. The predicted molar refractivity (Wildman–Crippen MR) is 61.8 cm³/mol. The van der Waals surface area contributed by atoms with E-state index in [-0.39, 0.29) is 0 Å². The molecule has 0 saturated carbocycles. The van der Waals surface area contributed by atoms with Gasteiger partial charge in [-0.2, -0.15) is 0 Å². The monoisotopic (exact) mass is 218 g/mol. The molecule has 0 amide bonds. The van der Waals surface area contributed by atoms with Crippen LogP contribution in [0.4, 0.5) is 0 Å². The fraction of sp³-hybridized carbons (Fsp3) is 1.00. The van der Waals surface area contributed by atoms with E-state index in [4.69, 9.17) is 16.3 Å². The lowest BCUT2D eigenvalue weighted by Gasteiger charge is -2.36. The number of rotatable bonds is 4. The van der Waals surface area contributed by atoms with Gasteiger partial charge in [0.2, 0.25) is 0 Å². The van der Waals surface area contributed by atoms with E-state index in [9.17, 15) is 0 Å². The van der Waals surface area contributed by atoms with E-state index in [1.807, 2.05) is 0 Å². The molecule has 0 aliphatic carbocycles. The molecule has 0 bridgehead atoms.